The summed E-state index contributed by atoms with van der Waals surface area (Å²) in [6.07, 6.45) is 2.02. The molecule has 0 fully saturated rings. The minimum Gasteiger partial charge on any atom is -0.385 e. The van der Waals surface area contributed by atoms with Crippen molar-refractivity contribution in [2.45, 2.75) is 18.8 Å². The summed E-state index contributed by atoms with van der Waals surface area (Å²) >= 11 is 0. The van der Waals surface area contributed by atoms with Crippen LogP contribution >= 0.6 is 0 Å². The summed E-state index contributed by atoms with van der Waals surface area (Å²) < 4.78 is 10.6. The highest BCUT2D eigenvalue weighted by molar-refractivity contribution is 5.19. The van der Waals surface area contributed by atoms with Gasteiger partial charge in [0.1, 0.15) is 0 Å². The smallest absolute Gasteiger partial charge is 0.0487 e. The first-order chi connectivity index (χ1) is 8.88. The van der Waals surface area contributed by atoms with Crippen molar-refractivity contribution in [1.82, 2.24) is 5.32 Å². The Hall–Kier alpha value is -0.900. The predicted molar refractivity (Wildman–Crippen MR) is 75.0 cm³/mol. The second-order valence-corrected chi connectivity index (χ2v) is 4.41. The number of benzene rings is 1. The molecule has 3 heteroatoms. The summed E-state index contributed by atoms with van der Waals surface area (Å²) in [5, 5.41) is 3.25. The van der Waals surface area contributed by atoms with Crippen LogP contribution in [-0.4, -0.2) is 40.5 Å². The lowest BCUT2D eigenvalue weighted by Gasteiger charge is -2.17. The second kappa shape index (κ2) is 10.1. The van der Waals surface area contributed by atoms with E-state index >= 15 is 0 Å². The van der Waals surface area contributed by atoms with E-state index in [4.69, 9.17) is 9.47 Å². The van der Waals surface area contributed by atoms with Crippen molar-refractivity contribution >= 4 is 0 Å². The molecule has 0 aliphatic carbocycles. The van der Waals surface area contributed by atoms with Crippen LogP contribution in [0, 0.1) is 0 Å². The molecule has 0 spiro atoms. The van der Waals surface area contributed by atoms with Crippen LogP contribution in [0.4, 0.5) is 0 Å². The molecular weight excluding hydrogens is 226 g/mol. The number of nitrogens with one attached hydrogen (secondary N) is 1. The van der Waals surface area contributed by atoms with Crippen molar-refractivity contribution in [3.8, 4) is 0 Å². The van der Waals surface area contributed by atoms with Crippen LogP contribution in [-0.2, 0) is 9.47 Å². The minimum atomic E-state index is 0.527. The Bertz CT molecular complexity index is 290. The number of methoxy groups -OCH3 is 1. The van der Waals surface area contributed by atoms with Crippen LogP contribution in [0.3, 0.4) is 0 Å². The lowest BCUT2D eigenvalue weighted by atomic mass is 9.96. The molecule has 0 bridgehead atoms. The van der Waals surface area contributed by atoms with Crippen molar-refractivity contribution in [3.05, 3.63) is 35.9 Å². The average Bonchev–Trinajstić information content (AvgIpc) is 2.42. The third kappa shape index (κ3) is 6.15. The van der Waals surface area contributed by atoms with E-state index in [1.165, 1.54) is 5.56 Å². The number of ether oxygens (including phenoxy) is 2. The lowest BCUT2D eigenvalue weighted by Crippen LogP contribution is -2.19. The normalized spacial score (nSPS) is 12.6. The standard InChI is InChI=1S/C15H25NO2/c1-16-13-15(14-7-4-3-5-8-14)9-12-18-11-6-10-17-2/h3-5,7-8,15-16H,6,9-13H2,1-2H3. The van der Waals surface area contributed by atoms with Gasteiger partial charge in [0, 0.05) is 33.5 Å². The molecule has 1 N–H and O–H groups in total. The zero-order valence-corrected chi connectivity index (χ0v) is 11.5. The molecule has 1 atom stereocenters. The Labute approximate surface area is 110 Å². The van der Waals surface area contributed by atoms with Crippen LogP contribution in [0.25, 0.3) is 0 Å². The van der Waals surface area contributed by atoms with Crippen LogP contribution in [0.5, 0.6) is 0 Å². The van der Waals surface area contributed by atoms with E-state index in [1.807, 2.05) is 7.05 Å². The summed E-state index contributed by atoms with van der Waals surface area (Å²) in [6.45, 7) is 3.37. The quantitative estimate of drug-likeness (QED) is 0.648. The fraction of sp³-hybridized carbons (Fsp3) is 0.600. The number of hydrogen-bond donors (Lipinski definition) is 1. The highest BCUT2D eigenvalue weighted by atomic mass is 16.5. The van der Waals surface area contributed by atoms with E-state index < -0.39 is 0 Å². The Morgan fingerprint density at radius 2 is 1.89 bits per heavy atom. The predicted octanol–water partition coefficient (Wildman–Crippen LogP) is 2.43. The van der Waals surface area contributed by atoms with Gasteiger partial charge in [-0.1, -0.05) is 30.3 Å². The maximum absolute atomic E-state index is 5.63. The van der Waals surface area contributed by atoms with Gasteiger partial charge in [0.15, 0.2) is 0 Å². The first kappa shape index (κ1) is 15.2. The molecule has 0 aromatic heterocycles. The summed E-state index contributed by atoms with van der Waals surface area (Å²) in [7, 11) is 3.72. The van der Waals surface area contributed by atoms with E-state index in [1.54, 1.807) is 7.11 Å². The largest absolute Gasteiger partial charge is 0.385 e. The molecule has 1 aromatic rings. The van der Waals surface area contributed by atoms with Gasteiger partial charge in [-0.25, -0.2) is 0 Å². The zero-order chi connectivity index (χ0) is 13.1. The molecule has 0 amide bonds. The maximum Gasteiger partial charge on any atom is 0.0487 e. The first-order valence-corrected chi connectivity index (χ1v) is 6.64. The van der Waals surface area contributed by atoms with Gasteiger partial charge in [0.25, 0.3) is 0 Å². The van der Waals surface area contributed by atoms with Crippen LogP contribution in [0.1, 0.15) is 24.3 Å². The van der Waals surface area contributed by atoms with Gasteiger partial charge in [-0.15, -0.1) is 0 Å². The van der Waals surface area contributed by atoms with Gasteiger partial charge in [0.2, 0.25) is 0 Å². The topological polar surface area (TPSA) is 30.5 Å². The SMILES string of the molecule is CNCC(CCOCCCOC)c1ccccc1. The molecule has 1 aromatic carbocycles. The average molecular weight is 251 g/mol. The molecule has 3 nitrogen and oxygen atoms in total. The molecule has 1 unspecified atom stereocenters. The Morgan fingerprint density at radius 1 is 1.11 bits per heavy atom. The van der Waals surface area contributed by atoms with Crippen molar-refractivity contribution in [3.63, 3.8) is 0 Å². The third-order valence-corrected chi connectivity index (χ3v) is 2.97. The van der Waals surface area contributed by atoms with Gasteiger partial charge in [-0.2, -0.15) is 0 Å². The van der Waals surface area contributed by atoms with E-state index in [2.05, 4.69) is 35.6 Å². The number of hydrogen-bond acceptors (Lipinski definition) is 3. The van der Waals surface area contributed by atoms with Crippen molar-refractivity contribution in [2.75, 3.05) is 40.5 Å². The molecule has 102 valence electrons. The van der Waals surface area contributed by atoms with E-state index in [9.17, 15) is 0 Å². The minimum absolute atomic E-state index is 0.527. The Balaban J connectivity index is 2.26. The fourth-order valence-corrected chi connectivity index (χ4v) is 1.99. The highest BCUT2D eigenvalue weighted by Crippen LogP contribution is 2.18. The van der Waals surface area contributed by atoms with Crippen molar-refractivity contribution < 1.29 is 9.47 Å². The third-order valence-electron chi connectivity index (χ3n) is 2.97. The second-order valence-electron chi connectivity index (χ2n) is 4.41. The van der Waals surface area contributed by atoms with Gasteiger partial charge in [-0.3, -0.25) is 0 Å². The van der Waals surface area contributed by atoms with Gasteiger partial charge >= 0.3 is 0 Å². The van der Waals surface area contributed by atoms with Gasteiger partial charge in [0.05, 0.1) is 0 Å². The molecule has 0 radical (unpaired) electrons. The van der Waals surface area contributed by atoms with E-state index in [-0.39, 0.29) is 0 Å². The molecule has 0 aliphatic heterocycles. The maximum atomic E-state index is 5.63. The van der Waals surface area contributed by atoms with E-state index in [0.717, 1.165) is 39.2 Å². The van der Waals surface area contributed by atoms with E-state index in [0.29, 0.717) is 5.92 Å². The summed E-state index contributed by atoms with van der Waals surface area (Å²) in [4.78, 5) is 0. The molecule has 0 heterocycles. The number of rotatable bonds is 10. The van der Waals surface area contributed by atoms with Crippen molar-refractivity contribution in [2.24, 2.45) is 0 Å². The lowest BCUT2D eigenvalue weighted by molar-refractivity contribution is 0.0981. The fourth-order valence-electron chi connectivity index (χ4n) is 1.99. The van der Waals surface area contributed by atoms with Gasteiger partial charge in [-0.05, 0) is 31.4 Å². The summed E-state index contributed by atoms with van der Waals surface area (Å²) in [6, 6.07) is 10.6. The van der Waals surface area contributed by atoms with Crippen LogP contribution < -0.4 is 5.32 Å². The Kier molecular flexibility index (Phi) is 8.47. The molecule has 0 saturated heterocycles. The summed E-state index contributed by atoms with van der Waals surface area (Å²) in [5.74, 6) is 0.527. The Morgan fingerprint density at radius 3 is 2.56 bits per heavy atom. The molecular formula is C15H25NO2. The molecule has 18 heavy (non-hydrogen) atoms. The van der Waals surface area contributed by atoms with Crippen LogP contribution in [0.2, 0.25) is 0 Å². The monoisotopic (exact) mass is 251 g/mol. The molecule has 0 aliphatic rings. The van der Waals surface area contributed by atoms with Crippen molar-refractivity contribution in [1.29, 1.82) is 0 Å². The first-order valence-electron chi connectivity index (χ1n) is 6.64. The summed E-state index contributed by atoms with van der Waals surface area (Å²) in [5.41, 5.74) is 1.38. The van der Waals surface area contributed by atoms with Gasteiger partial charge < -0.3 is 14.8 Å². The number of likely N-dealkylation sites (N-methyl/N-ethyl adjacent to an activating group) is 1. The van der Waals surface area contributed by atoms with Crippen LogP contribution in [0.15, 0.2) is 30.3 Å². The zero-order valence-electron chi connectivity index (χ0n) is 11.5. The molecule has 1 rings (SSSR count). The molecule has 0 saturated carbocycles. The highest BCUT2D eigenvalue weighted by Gasteiger charge is 2.09.